The van der Waals surface area contributed by atoms with Gasteiger partial charge in [-0.3, -0.25) is 0 Å². The molecular weight excluding hydrogens is 298 g/mol. The minimum absolute atomic E-state index is 0.123. The molecule has 0 aliphatic carbocycles. The summed E-state index contributed by atoms with van der Waals surface area (Å²) < 4.78 is 12.6. The Labute approximate surface area is 134 Å². The number of hydrogen-bond acceptors (Lipinski definition) is 5. The molecule has 3 rings (SSSR count). The molecule has 124 valence electrons. The lowest BCUT2D eigenvalue weighted by molar-refractivity contribution is 0.111. The highest BCUT2D eigenvalue weighted by atomic mass is 16.5. The monoisotopic (exact) mass is 319 g/mol. The third kappa shape index (κ3) is 3.89. The molecule has 0 bridgehead atoms. The minimum atomic E-state index is -0.266. The second-order valence-corrected chi connectivity index (χ2v) is 5.39. The fourth-order valence-electron chi connectivity index (χ4n) is 2.55. The van der Waals surface area contributed by atoms with Gasteiger partial charge >= 0.3 is 6.03 Å². The lowest BCUT2D eigenvalue weighted by Crippen LogP contribution is -2.39. The van der Waals surface area contributed by atoms with E-state index in [2.05, 4.69) is 20.8 Å². The molecular formula is C15H21N5O3. The number of aryl methyl sites for hydroxylation is 1. The van der Waals surface area contributed by atoms with E-state index in [9.17, 15) is 4.79 Å². The first kappa shape index (κ1) is 15.5. The Morgan fingerprint density at radius 2 is 2.39 bits per heavy atom. The van der Waals surface area contributed by atoms with Crippen LogP contribution >= 0.6 is 0 Å². The van der Waals surface area contributed by atoms with E-state index in [4.69, 9.17) is 9.26 Å². The molecule has 2 N–H and O–H groups in total. The summed E-state index contributed by atoms with van der Waals surface area (Å²) in [5.74, 6) is 0.893. The number of hydrogen-bond donors (Lipinski definition) is 2. The molecule has 2 aromatic heterocycles. The van der Waals surface area contributed by atoms with Crippen LogP contribution in [0.2, 0.25) is 0 Å². The lowest BCUT2D eigenvalue weighted by atomic mass is 10.2. The standard InChI is InChI=1S/C15H21N5O3/c1-2-20-7-3-6-12(20)14-18-13(23-19-14)10-17-15(21)16-9-11-5-4-8-22-11/h3,6-7,11H,2,4-5,8-10H2,1H3,(H2,16,17,21)/t11-/m1/s1. The van der Waals surface area contributed by atoms with Crippen molar-refractivity contribution in [1.82, 2.24) is 25.3 Å². The predicted molar refractivity (Wildman–Crippen MR) is 82.6 cm³/mol. The van der Waals surface area contributed by atoms with Gasteiger partial charge in [-0.15, -0.1) is 0 Å². The van der Waals surface area contributed by atoms with Crippen LogP contribution in [0.4, 0.5) is 4.79 Å². The summed E-state index contributed by atoms with van der Waals surface area (Å²) >= 11 is 0. The van der Waals surface area contributed by atoms with Crippen LogP contribution < -0.4 is 10.6 Å². The number of nitrogens with one attached hydrogen (secondary N) is 2. The molecule has 0 spiro atoms. The largest absolute Gasteiger partial charge is 0.376 e. The van der Waals surface area contributed by atoms with Crippen molar-refractivity contribution >= 4 is 6.03 Å². The SMILES string of the molecule is CCn1cccc1-c1noc(CNC(=O)NC[C@H]2CCCO2)n1. The van der Waals surface area contributed by atoms with E-state index in [1.165, 1.54) is 0 Å². The maximum Gasteiger partial charge on any atom is 0.315 e. The van der Waals surface area contributed by atoms with Crippen molar-refractivity contribution in [3.05, 3.63) is 24.2 Å². The first-order valence-corrected chi connectivity index (χ1v) is 7.87. The number of amides is 2. The average Bonchev–Trinajstić information content (AvgIpc) is 3.31. The van der Waals surface area contributed by atoms with Crippen LogP contribution in [0.25, 0.3) is 11.5 Å². The highest BCUT2D eigenvalue weighted by Gasteiger charge is 2.16. The number of rotatable bonds is 6. The fourth-order valence-corrected chi connectivity index (χ4v) is 2.55. The Hall–Kier alpha value is -2.35. The van der Waals surface area contributed by atoms with Crippen LogP contribution in [0.3, 0.4) is 0 Å². The van der Waals surface area contributed by atoms with Gasteiger partial charge in [0.15, 0.2) is 0 Å². The zero-order chi connectivity index (χ0) is 16.1. The van der Waals surface area contributed by atoms with Gasteiger partial charge in [0.05, 0.1) is 18.3 Å². The van der Waals surface area contributed by atoms with Crippen molar-refractivity contribution in [2.75, 3.05) is 13.2 Å². The van der Waals surface area contributed by atoms with Gasteiger partial charge in [0.25, 0.3) is 0 Å². The summed E-state index contributed by atoms with van der Waals surface area (Å²) in [5.41, 5.74) is 0.894. The van der Waals surface area contributed by atoms with Gasteiger partial charge in [-0.1, -0.05) is 5.16 Å². The van der Waals surface area contributed by atoms with Crippen molar-refractivity contribution in [1.29, 1.82) is 0 Å². The number of ether oxygens (including phenoxy) is 1. The summed E-state index contributed by atoms with van der Waals surface area (Å²) in [6, 6.07) is 3.60. The Balaban J connectivity index is 1.48. The van der Waals surface area contributed by atoms with Crippen LogP contribution in [0.5, 0.6) is 0 Å². The summed E-state index contributed by atoms with van der Waals surface area (Å²) in [6.45, 7) is 4.36. The number of carbonyl (C=O) groups excluding carboxylic acids is 1. The summed E-state index contributed by atoms with van der Waals surface area (Å²) in [4.78, 5) is 16.0. The van der Waals surface area contributed by atoms with Crippen LogP contribution in [0.15, 0.2) is 22.9 Å². The first-order valence-electron chi connectivity index (χ1n) is 7.87. The Kier molecular flexibility index (Phi) is 4.92. The van der Waals surface area contributed by atoms with Crippen molar-refractivity contribution < 1.29 is 14.1 Å². The van der Waals surface area contributed by atoms with Crippen LogP contribution in [-0.4, -0.2) is 40.0 Å². The van der Waals surface area contributed by atoms with Gasteiger partial charge in [0.1, 0.15) is 0 Å². The highest BCUT2D eigenvalue weighted by Crippen LogP contribution is 2.16. The molecule has 2 aromatic rings. The van der Waals surface area contributed by atoms with Gasteiger partial charge in [-0.05, 0) is 31.9 Å². The molecule has 1 saturated heterocycles. The van der Waals surface area contributed by atoms with Gasteiger partial charge < -0.3 is 24.5 Å². The molecule has 0 unspecified atom stereocenters. The molecule has 1 fully saturated rings. The number of nitrogens with zero attached hydrogens (tertiary/aromatic N) is 3. The van der Waals surface area contributed by atoms with Gasteiger partial charge in [0.2, 0.25) is 11.7 Å². The zero-order valence-corrected chi connectivity index (χ0v) is 13.1. The van der Waals surface area contributed by atoms with E-state index < -0.39 is 0 Å². The second-order valence-electron chi connectivity index (χ2n) is 5.39. The third-order valence-electron chi connectivity index (χ3n) is 3.78. The Bertz CT molecular complexity index is 645. The summed E-state index contributed by atoms with van der Waals surface area (Å²) in [6.07, 6.45) is 4.13. The third-order valence-corrected chi connectivity index (χ3v) is 3.78. The number of carbonyl (C=O) groups is 1. The molecule has 8 heteroatoms. The van der Waals surface area contributed by atoms with E-state index in [0.717, 1.165) is 31.7 Å². The van der Waals surface area contributed by atoms with Crippen molar-refractivity contribution in [2.45, 2.75) is 39.0 Å². The summed E-state index contributed by atoms with van der Waals surface area (Å²) in [7, 11) is 0. The Morgan fingerprint density at radius 3 is 3.17 bits per heavy atom. The summed E-state index contributed by atoms with van der Waals surface area (Å²) in [5, 5.41) is 9.44. The van der Waals surface area contributed by atoms with Crippen molar-refractivity contribution in [3.8, 4) is 11.5 Å². The number of urea groups is 1. The van der Waals surface area contributed by atoms with Crippen LogP contribution in [0, 0.1) is 0 Å². The zero-order valence-electron chi connectivity index (χ0n) is 13.1. The predicted octanol–water partition coefficient (Wildman–Crippen LogP) is 1.54. The molecule has 2 amide bonds. The van der Waals surface area contributed by atoms with Gasteiger partial charge in [-0.2, -0.15) is 4.98 Å². The van der Waals surface area contributed by atoms with Crippen molar-refractivity contribution in [3.63, 3.8) is 0 Å². The molecule has 1 aliphatic heterocycles. The molecule has 0 radical (unpaired) electrons. The maximum atomic E-state index is 11.7. The van der Waals surface area contributed by atoms with E-state index in [-0.39, 0.29) is 18.7 Å². The van der Waals surface area contributed by atoms with E-state index in [1.807, 2.05) is 29.8 Å². The topological polar surface area (TPSA) is 94.2 Å². The first-order chi connectivity index (χ1) is 11.3. The molecule has 0 aromatic carbocycles. The average molecular weight is 319 g/mol. The molecule has 23 heavy (non-hydrogen) atoms. The highest BCUT2D eigenvalue weighted by molar-refractivity contribution is 5.73. The van der Waals surface area contributed by atoms with E-state index >= 15 is 0 Å². The molecule has 1 atom stereocenters. The van der Waals surface area contributed by atoms with Crippen LogP contribution in [0.1, 0.15) is 25.7 Å². The quantitative estimate of drug-likeness (QED) is 0.842. The Morgan fingerprint density at radius 1 is 1.48 bits per heavy atom. The maximum absolute atomic E-state index is 11.7. The fraction of sp³-hybridized carbons (Fsp3) is 0.533. The van der Waals surface area contributed by atoms with E-state index in [0.29, 0.717) is 18.3 Å². The lowest BCUT2D eigenvalue weighted by Gasteiger charge is -2.10. The van der Waals surface area contributed by atoms with Gasteiger partial charge in [-0.25, -0.2) is 4.79 Å². The molecule has 8 nitrogen and oxygen atoms in total. The van der Waals surface area contributed by atoms with Crippen LogP contribution in [-0.2, 0) is 17.8 Å². The van der Waals surface area contributed by atoms with E-state index in [1.54, 1.807) is 0 Å². The second kappa shape index (κ2) is 7.28. The minimum Gasteiger partial charge on any atom is -0.376 e. The van der Waals surface area contributed by atoms with Gasteiger partial charge in [0, 0.05) is 25.9 Å². The normalized spacial score (nSPS) is 17.3. The molecule has 0 saturated carbocycles. The molecule has 1 aliphatic rings. The molecule has 3 heterocycles. The van der Waals surface area contributed by atoms with Crippen molar-refractivity contribution in [2.24, 2.45) is 0 Å². The number of aromatic nitrogens is 3. The smallest absolute Gasteiger partial charge is 0.315 e.